The molecule has 0 N–H and O–H groups in total. The predicted octanol–water partition coefficient (Wildman–Crippen LogP) is 1.37. The molecule has 0 bridgehead atoms. The normalized spacial score (nSPS) is 16.4. The third-order valence-corrected chi connectivity index (χ3v) is 4.23. The van der Waals surface area contributed by atoms with Gasteiger partial charge in [-0.25, -0.2) is 0 Å². The minimum absolute atomic E-state index is 0.192. The summed E-state index contributed by atoms with van der Waals surface area (Å²) in [5, 5.41) is 0. The lowest BCUT2D eigenvalue weighted by atomic mass is 10.2. The van der Waals surface area contributed by atoms with Crippen molar-refractivity contribution in [1.29, 1.82) is 0 Å². The Hall–Kier alpha value is -1.33. The number of benzene rings is 1. The smallest absolute Gasteiger partial charge is 0.233 e. The fourth-order valence-corrected chi connectivity index (χ4v) is 2.74. The van der Waals surface area contributed by atoms with Crippen LogP contribution in [0.4, 0.5) is 0 Å². The largest absolute Gasteiger partial charge is 0.339 e. The van der Waals surface area contributed by atoms with Crippen molar-refractivity contribution in [3.63, 3.8) is 0 Å². The molecule has 1 aliphatic rings. The number of thioether (sulfide) groups is 1. The van der Waals surface area contributed by atoms with Crippen molar-refractivity contribution in [3.05, 3.63) is 29.8 Å². The molecular weight excluding hydrogens is 260 g/mol. The lowest BCUT2D eigenvalue weighted by molar-refractivity contribution is -0.129. The van der Waals surface area contributed by atoms with Gasteiger partial charge < -0.3 is 9.80 Å². The van der Waals surface area contributed by atoms with Gasteiger partial charge in [-0.2, -0.15) is 0 Å². The summed E-state index contributed by atoms with van der Waals surface area (Å²) in [6.45, 7) is 3.54. The van der Waals surface area contributed by atoms with E-state index in [0.29, 0.717) is 11.3 Å². The van der Waals surface area contributed by atoms with Crippen LogP contribution < -0.4 is 0 Å². The molecule has 1 amide bonds. The molecule has 5 heteroatoms. The van der Waals surface area contributed by atoms with E-state index in [1.54, 1.807) is 12.1 Å². The molecule has 1 aromatic carbocycles. The number of carbonyl (C=O) groups is 2. The zero-order valence-corrected chi connectivity index (χ0v) is 11.9. The SMILES string of the molecule is CN1CCN(C(=O)CSc2ccc(C=O)cc2)CC1. The van der Waals surface area contributed by atoms with Gasteiger partial charge in [0.15, 0.2) is 0 Å². The summed E-state index contributed by atoms with van der Waals surface area (Å²) in [5.41, 5.74) is 0.662. The maximum Gasteiger partial charge on any atom is 0.233 e. The average Bonchev–Trinajstić information content (AvgIpc) is 2.46. The van der Waals surface area contributed by atoms with Gasteiger partial charge >= 0.3 is 0 Å². The number of piperazine rings is 1. The van der Waals surface area contributed by atoms with Crippen LogP contribution in [0.25, 0.3) is 0 Å². The summed E-state index contributed by atoms with van der Waals surface area (Å²) in [6.07, 6.45) is 0.823. The Bertz CT molecular complexity index is 439. The van der Waals surface area contributed by atoms with Crippen LogP contribution in [0, 0.1) is 0 Å². The molecule has 4 nitrogen and oxygen atoms in total. The van der Waals surface area contributed by atoms with Crippen LogP contribution in [0.1, 0.15) is 10.4 Å². The van der Waals surface area contributed by atoms with E-state index in [9.17, 15) is 9.59 Å². The average molecular weight is 278 g/mol. The monoisotopic (exact) mass is 278 g/mol. The molecular formula is C14H18N2O2S. The molecule has 19 heavy (non-hydrogen) atoms. The fraction of sp³-hybridized carbons (Fsp3) is 0.429. The van der Waals surface area contributed by atoms with E-state index in [2.05, 4.69) is 11.9 Å². The molecule has 0 aliphatic carbocycles. The molecule has 2 rings (SSSR count). The summed E-state index contributed by atoms with van der Waals surface area (Å²) in [4.78, 5) is 27.8. The van der Waals surface area contributed by atoms with Crippen LogP contribution in [0.2, 0.25) is 0 Å². The minimum atomic E-state index is 0.192. The quantitative estimate of drug-likeness (QED) is 0.616. The van der Waals surface area contributed by atoms with E-state index in [1.807, 2.05) is 17.0 Å². The Kier molecular flexibility index (Phi) is 4.99. The number of rotatable bonds is 4. The highest BCUT2D eigenvalue weighted by Gasteiger charge is 2.18. The molecule has 0 aromatic heterocycles. The first-order valence-corrected chi connectivity index (χ1v) is 7.32. The molecule has 0 unspecified atom stereocenters. The maximum absolute atomic E-state index is 12.0. The predicted molar refractivity (Wildman–Crippen MR) is 76.6 cm³/mol. The van der Waals surface area contributed by atoms with Gasteiger partial charge in [0.1, 0.15) is 6.29 Å². The zero-order valence-electron chi connectivity index (χ0n) is 11.0. The van der Waals surface area contributed by atoms with Crippen LogP contribution in [0.15, 0.2) is 29.2 Å². The van der Waals surface area contributed by atoms with Crippen LogP contribution in [-0.4, -0.2) is 61.0 Å². The Morgan fingerprint density at radius 1 is 1.21 bits per heavy atom. The number of hydrogen-bond acceptors (Lipinski definition) is 4. The van der Waals surface area contributed by atoms with Gasteiger partial charge in [0.2, 0.25) is 5.91 Å². The van der Waals surface area contributed by atoms with Crippen LogP contribution in [0.3, 0.4) is 0 Å². The molecule has 102 valence electrons. The number of carbonyl (C=O) groups excluding carboxylic acids is 2. The second kappa shape index (κ2) is 6.73. The van der Waals surface area contributed by atoms with Crippen molar-refractivity contribution >= 4 is 24.0 Å². The topological polar surface area (TPSA) is 40.6 Å². The first kappa shape index (κ1) is 14.1. The van der Waals surface area contributed by atoms with Crippen LogP contribution >= 0.6 is 11.8 Å². The standard InChI is InChI=1S/C14H18N2O2S/c1-15-6-8-16(9-7-15)14(18)11-19-13-4-2-12(10-17)3-5-13/h2-5,10H,6-9,11H2,1H3. The van der Waals surface area contributed by atoms with Crippen molar-refractivity contribution in [2.24, 2.45) is 0 Å². The van der Waals surface area contributed by atoms with Crippen molar-refractivity contribution in [1.82, 2.24) is 9.80 Å². The molecule has 1 fully saturated rings. The number of nitrogens with zero attached hydrogens (tertiary/aromatic N) is 2. The molecule has 1 heterocycles. The van der Waals surface area contributed by atoms with Gasteiger partial charge in [-0.15, -0.1) is 11.8 Å². The molecule has 0 saturated carbocycles. The molecule has 1 aliphatic heterocycles. The Morgan fingerprint density at radius 2 is 1.84 bits per heavy atom. The minimum Gasteiger partial charge on any atom is -0.339 e. The first-order valence-electron chi connectivity index (χ1n) is 6.33. The Balaban J connectivity index is 1.80. The van der Waals surface area contributed by atoms with Crippen molar-refractivity contribution in [2.45, 2.75) is 4.90 Å². The summed E-state index contributed by atoms with van der Waals surface area (Å²) in [6, 6.07) is 7.31. The molecule has 1 saturated heterocycles. The van der Waals surface area contributed by atoms with Crippen molar-refractivity contribution in [2.75, 3.05) is 39.0 Å². The van der Waals surface area contributed by atoms with E-state index < -0.39 is 0 Å². The number of amides is 1. The second-order valence-electron chi connectivity index (χ2n) is 4.66. The Labute approximate surface area is 117 Å². The van der Waals surface area contributed by atoms with Crippen LogP contribution in [-0.2, 0) is 4.79 Å². The van der Waals surface area contributed by atoms with E-state index in [0.717, 1.165) is 37.4 Å². The third kappa shape index (κ3) is 4.08. The number of hydrogen-bond donors (Lipinski definition) is 0. The first-order chi connectivity index (χ1) is 9.19. The highest BCUT2D eigenvalue weighted by molar-refractivity contribution is 8.00. The van der Waals surface area contributed by atoms with Gasteiger partial charge in [-0.1, -0.05) is 12.1 Å². The van der Waals surface area contributed by atoms with Gasteiger partial charge in [-0.3, -0.25) is 9.59 Å². The molecule has 1 aromatic rings. The fourth-order valence-electron chi connectivity index (χ4n) is 1.93. The second-order valence-corrected chi connectivity index (χ2v) is 5.71. The van der Waals surface area contributed by atoms with Crippen LogP contribution in [0.5, 0.6) is 0 Å². The maximum atomic E-state index is 12.0. The van der Waals surface area contributed by atoms with Gasteiger partial charge in [0, 0.05) is 36.6 Å². The lowest BCUT2D eigenvalue weighted by Crippen LogP contribution is -2.47. The zero-order chi connectivity index (χ0) is 13.7. The summed E-state index contributed by atoms with van der Waals surface area (Å²) < 4.78 is 0. The Morgan fingerprint density at radius 3 is 2.42 bits per heavy atom. The van der Waals surface area contributed by atoms with Gasteiger partial charge in [-0.05, 0) is 19.2 Å². The van der Waals surface area contributed by atoms with E-state index in [-0.39, 0.29) is 5.91 Å². The number of aldehydes is 1. The summed E-state index contributed by atoms with van der Waals surface area (Å²) in [7, 11) is 2.07. The highest BCUT2D eigenvalue weighted by Crippen LogP contribution is 2.18. The third-order valence-electron chi connectivity index (χ3n) is 3.23. The lowest BCUT2D eigenvalue weighted by Gasteiger charge is -2.32. The molecule has 0 radical (unpaired) electrons. The van der Waals surface area contributed by atoms with Crippen molar-refractivity contribution < 1.29 is 9.59 Å². The summed E-state index contributed by atoms with van der Waals surface area (Å²) >= 11 is 1.52. The highest BCUT2D eigenvalue weighted by atomic mass is 32.2. The number of likely N-dealkylation sites (N-methyl/N-ethyl adjacent to an activating group) is 1. The van der Waals surface area contributed by atoms with Crippen molar-refractivity contribution in [3.8, 4) is 0 Å². The summed E-state index contributed by atoms with van der Waals surface area (Å²) in [5.74, 6) is 0.655. The molecule has 0 spiro atoms. The molecule has 0 atom stereocenters. The van der Waals surface area contributed by atoms with Gasteiger partial charge in [0.25, 0.3) is 0 Å². The van der Waals surface area contributed by atoms with E-state index >= 15 is 0 Å². The van der Waals surface area contributed by atoms with E-state index in [1.165, 1.54) is 11.8 Å². The van der Waals surface area contributed by atoms with Gasteiger partial charge in [0.05, 0.1) is 5.75 Å². The van der Waals surface area contributed by atoms with E-state index in [4.69, 9.17) is 0 Å².